The molecule has 0 spiro atoms. The van der Waals surface area contributed by atoms with Gasteiger partial charge in [-0.25, -0.2) is 4.79 Å². The second kappa shape index (κ2) is 5.40. The van der Waals surface area contributed by atoms with Gasteiger partial charge in [-0.1, -0.05) is 0 Å². The van der Waals surface area contributed by atoms with Crippen LogP contribution in [0, 0.1) is 13.8 Å². The zero-order valence-electron chi connectivity index (χ0n) is 12.1. The lowest BCUT2D eigenvalue weighted by atomic mass is 10.3. The van der Waals surface area contributed by atoms with Gasteiger partial charge in [0.25, 0.3) is 0 Å². The predicted octanol–water partition coefficient (Wildman–Crippen LogP) is 2.98. The van der Waals surface area contributed by atoms with Gasteiger partial charge in [0.15, 0.2) is 0 Å². The third kappa shape index (κ3) is 2.68. The SMILES string of the molecule is Cc1nn(C(C)C)c(C)c1NCc1ccc(C(=O)O)o1. The van der Waals surface area contributed by atoms with Crippen molar-refractivity contribution < 1.29 is 14.3 Å². The van der Waals surface area contributed by atoms with E-state index in [2.05, 4.69) is 24.3 Å². The lowest BCUT2D eigenvalue weighted by Gasteiger charge is -2.09. The van der Waals surface area contributed by atoms with Crippen LogP contribution in [0.4, 0.5) is 5.69 Å². The lowest BCUT2D eigenvalue weighted by Crippen LogP contribution is -2.06. The first-order valence-corrected chi connectivity index (χ1v) is 6.51. The minimum absolute atomic E-state index is 0.0480. The van der Waals surface area contributed by atoms with Crippen molar-refractivity contribution in [2.24, 2.45) is 0 Å². The Morgan fingerprint density at radius 3 is 2.65 bits per heavy atom. The molecule has 0 amide bonds. The van der Waals surface area contributed by atoms with Gasteiger partial charge in [-0.2, -0.15) is 5.10 Å². The van der Waals surface area contributed by atoms with Crippen LogP contribution in [0.3, 0.4) is 0 Å². The van der Waals surface area contributed by atoms with Gasteiger partial charge >= 0.3 is 5.97 Å². The number of furan rings is 1. The Morgan fingerprint density at radius 1 is 1.45 bits per heavy atom. The number of rotatable bonds is 5. The van der Waals surface area contributed by atoms with Crippen LogP contribution in [0.1, 0.15) is 47.6 Å². The highest BCUT2D eigenvalue weighted by Crippen LogP contribution is 2.23. The number of hydrogen-bond donors (Lipinski definition) is 2. The number of carbonyl (C=O) groups is 1. The van der Waals surface area contributed by atoms with Crippen LogP contribution >= 0.6 is 0 Å². The van der Waals surface area contributed by atoms with Crippen LogP contribution in [0.15, 0.2) is 16.5 Å². The van der Waals surface area contributed by atoms with Crippen molar-refractivity contribution in [3.63, 3.8) is 0 Å². The van der Waals surface area contributed by atoms with E-state index in [1.807, 2.05) is 18.5 Å². The Hall–Kier alpha value is -2.24. The molecule has 0 fully saturated rings. The summed E-state index contributed by atoms with van der Waals surface area (Å²) < 4.78 is 7.17. The third-order valence-electron chi connectivity index (χ3n) is 3.13. The number of aromatic carboxylic acids is 1. The van der Waals surface area contributed by atoms with Crippen molar-refractivity contribution in [1.82, 2.24) is 9.78 Å². The van der Waals surface area contributed by atoms with Crippen molar-refractivity contribution >= 4 is 11.7 Å². The molecule has 0 radical (unpaired) electrons. The zero-order chi connectivity index (χ0) is 14.9. The van der Waals surface area contributed by atoms with E-state index in [0.29, 0.717) is 18.3 Å². The molecule has 20 heavy (non-hydrogen) atoms. The molecule has 6 nitrogen and oxygen atoms in total. The van der Waals surface area contributed by atoms with E-state index < -0.39 is 5.97 Å². The van der Waals surface area contributed by atoms with Crippen LogP contribution in [0.2, 0.25) is 0 Å². The smallest absolute Gasteiger partial charge is 0.371 e. The molecule has 0 atom stereocenters. The summed E-state index contributed by atoms with van der Waals surface area (Å²) in [4.78, 5) is 10.7. The lowest BCUT2D eigenvalue weighted by molar-refractivity contribution is 0.0660. The van der Waals surface area contributed by atoms with E-state index in [4.69, 9.17) is 9.52 Å². The molecular formula is C14H19N3O3. The molecule has 2 rings (SSSR count). The first kappa shape index (κ1) is 14.2. The van der Waals surface area contributed by atoms with E-state index in [1.54, 1.807) is 6.07 Å². The fourth-order valence-electron chi connectivity index (χ4n) is 2.18. The summed E-state index contributed by atoms with van der Waals surface area (Å²) in [6.07, 6.45) is 0. The van der Waals surface area contributed by atoms with Crippen molar-refractivity contribution in [1.29, 1.82) is 0 Å². The molecule has 0 bridgehead atoms. The maximum absolute atomic E-state index is 10.7. The van der Waals surface area contributed by atoms with Gasteiger partial charge in [-0.15, -0.1) is 0 Å². The molecule has 2 heterocycles. The van der Waals surface area contributed by atoms with Gasteiger partial charge in [0.2, 0.25) is 5.76 Å². The Labute approximate surface area is 117 Å². The largest absolute Gasteiger partial charge is 0.475 e. The molecule has 2 aromatic heterocycles. The van der Waals surface area contributed by atoms with Crippen molar-refractivity contribution in [2.75, 3.05) is 5.32 Å². The average molecular weight is 277 g/mol. The maximum Gasteiger partial charge on any atom is 0.371 e. The Bertz CT molecular complexity index is 626. The standard InChI is InChI=1S/C14H19N3O3/c1-8(2)17-10(4)13(9(3)16-17)15-7-11-5-6-12(20-11)14(18)19/h5-6,8,15H,7H2,1-4H3,(H,18,19). The van der Waals surface area contributed by atoms with E-state index >= 15 is 0 Å². The molecule has 6 heteroatoms. The summed E-state index contributed by atoms with van der Waals surface area (Å²) in [5.74, 6) is -0.525. The fraction of sp³-hybridized carbons (Fsp3) is 0.429. The molecule has 0 saturated heterocycles. The molecule has 0 aliphatic carbocycles. The van der Waals surface area contributed by atoms with Crippen LogP contribution in [0.5, 0.6) is 0 Å². The molecule has 0 aliphatic rings. The Kier molecular flexibility index (Phi) is 3.83. The topological polar surface area (TPSA) is 80.3 Å². The van der Waals surface area contributed by atoms with Crippen LogP contribution in [-0.2, 0) is 6.54 Å². The quantitative estimate of drug-likeness (QED) is 0.878. The normalized spacial score (nSPS) is 11.1. The fourth-order valence-corrected chi connectivity index (χ4v) is 2.18. The highest BCUT2D eigenvalue weighted by Gasteiger charge is 2.14. The van der Waals surface area contributed by atoms with Crippen molar-refractivity contribution in [3.8, 4) is 0 Å². The average Bonchev–Trinajstić information content (AvgIpc) is 2.93. The summed E-state index contributed by atoms with van der Waals surface area (Å²) >= 11 is 0. The molecule has 2 aromatic rings. The first-order chi connectivity index (χ1) is 9.40. The minimum Gasteiger partial charge on any atom is -0.475 e. The van der Waals surface area contributed by atoms with Gasteiger partial charge < -0.3 is 14.8 Å². The Balaban J connectivity index is 2.12. The molecule has 0 saturated carbocycles. The number of hydrogen-bond acceptors (Lipinski definition) is 4. The number of aryl methyl sites for hydroxylation is 1. The highest BCUT2D eigenvalue weighted by atomic mass is 16.4. The van der Waals surface area contributed by atoms with Crippen molar-refractivity contribution in [3.05, 3.63) is 35.0 Å². The molecule has 0 unspecified atom stereocenters. The van der Waals surface area contributed by atoms with Gasteiger partial charge in [-0.3, -0.25) is 4.68 Å². The van der Waals surface area contributed by atoms with Crippen LogP contribution < -0.4 is 5.32 Å². The summed E-state index contributed by atoms with van der Waals surface area (Å²) in [5, 5.41) is 16.5. The van der Waals surface area contributed by atoms with E-state index in [-0.39, 0.29) is 5.76 Å². The second-order valence-electron chi connectivity index (χ2n) is 5.01. The van der Waals surface area contributed by atoms with E-state index in [9.17, 15) is 4.79 Å². The summed E-state index contributed by atoms with van der Waals surface area (Å²) in [6, 6.07) is 3.41. The monoisotopic (exact) mass is 277 g/mol. The van der Waals surface area contributed by atoms with Crippen LogP contribution in [-0.4, -0.2) is 20.9 Å². The number of carboxylic acid groups (broad SMARTS) is 1. The van der Waals surface area contributed by atoms with E-state index in [0.717, 1.165) is 17.1 Å². The molecular weight excluding hydrogens is 258 g/mol. The molecule has 0 aliphatic heterocycles. The Morgan fingerprint density at radius 2 is 2.15 bits per heavy atom. The first-order valence-electron chi connectivity index (χ1n) is 6.51. The predicted molar refractivity (Wildman–Crippen MR) is 75.1 cm³/mol. The van der Waals surface area contributed by atoms with Crippen molar-refractivity contribution in [2.45, 2.75) is 40.3 Å². The van der Waals surface area contributed by atoms with Gasteiger partial charge in [-0.05, 0) is 39.8 Å². The number of aromatic nitrogens is 2. The van der Waals surface area contributed by atoms with Gasteiger partial charge in [0, 0.05) is 6.04 Å². The van der Waals surface area contributed by atoms with Crippen LogP contribution in [0.25, 0.3) is 0 Å². The highest BCUT2D eigenvalue weighted by molar-refractivity contribution is 5.84. The summed E-state index contributed by atoms with van der Waals surface area (Å²) in [5.41, 5.74) is 2.94. The molecule has 108 valence electrons. The summed E-state index contributed by atoms with van der Waals surface area (Å²) in [7, 11) is 0. The number of nitrogens with one attached hydrogen (secondary N) is 1. The zero-order valence-corrected chi connectivity index (χ0v) is 12.1. The third-order valence-corrected chi connectivity index (χ3v) is 3.13. The number of anilines is 1. The number of carboxylic acids is 1. The van der Waals surface area contributed by atoms with Gasteiger partial charge in [0.05, 0.1) is 23.6 Å². The van der Waals surface area contributed by atoms with E-state index in [1.165, 1.54) is 6.07 Å². The molecule has 2 N–H and O–H groups in total. The second-order valence-corrected chi connectivity index (χ2v) is 5.01. The minimum atomic E-state index is -1.06. The molecule has 0 aromatic carbocycles. The summed E-state index contributed by atoms with van der Waals surface area (Å²) in [6.45, 7) is 8.54. The number of nitrogens with zero attached hydrogens (tertiary/aromatic N) is 2. The maximum atomic E-state index is 10.7. The van der Waals surface area contributed by atoms with Gasteiger partial charge in [0.1, 0.15) is 5.76 Å².